The molecule has 0 unspecified atom stereocenters. The van der Waals surface area contributed by atoms with Gasteiger partial charge in [-0.2, -0.15) is 0 Å². The normalized spacial score (nSPS) is 27.8. The minimum absolute atomic E-state index is 0.571. The molecule has 0 bridgehead atoms. The minimum Gasteiger partial charge on any atom is -0.301 e. The van der Waals surface area contributed by atoms with Crippen molar-refractivity contribution in [2.45, 2.75) is 25.0 Å². The quantitative estimate of drug-likeness (QED) is 0.367. The first-order valence-corrected chi connectivity index (χ1v) is 3.03. The van der Waals surface area contributed by atoms with E-state index >= 15 is 0 Å². The van der Waals surface area contributed by atoms with E-state index in [0.29, 0.717) is 0 Å². The number of rotatable bonds is 0. The van der Waals surface area contributed by atoms with Crippen LogP contribution in [0.5, 0.6) is 0 Å². The number of nitrogens with one attached hydrogen (secondary N) is 1. The van der Waals surface area contributed by atoms with Gasteiger partial charge in [-0.3, -0.25) is 5.32 Å². The third kappa shape index (κ3) is 1.43. The van der Waals surface area contributed by atoms with Crippen LogP contribution < -0.4 is 16.8 Å². The van der Waals surface area contributed by atoms with Crippen molar-refractivity contribution in [3.05, 3.63) is 0 Å². The van der Waals surface area contributed by atoms with Gasteiger partial charge >= 0.3 is 0 Å². The highest BCUT2D eigenvalue weighted by Crippen LogP contribution is 2.06. The van der Waals surface area contributed by atoms with Gasteiger partial charge in [0.25, 0.3) is 0 Å². The van der Waals surface area contributed by atoms with Crippen molar-refractivity contribution >= 4 is 0 Å². The Morgan fingerprint density at radius 1 is 1.25 bits per heavy atom. The van der Waals surface area contributed by atoms with E-state index < -0.39 is 5.79 Å². The van der Waals surface area contributed by atoms with Crippen LogP contribution in [-0.4, -0.2) is 12.3 Å². The van der Waals surface area contributed by atoms with Gasteiger partial charge in [-0.15, -0.1) is 0 Å². The summed E-state index contributed by atoms with van der Waals surface area (Å²) in [5.41, 5.74) is 11.1. The molecule has 0 aromatic carbocycles. The average molecular weight is 115 g/mol. The molecule has 0 amide bonds. The van der Waals surface area contributed by atoms with Crippen molar-refractivity contribution in [2.75, 3.05) is 6.54 Å². The predicted octanol–water partition coefficient (Wildman–Crippen LogP) is -0.669. The molecule has 3 nitrogen and oxygen atoms in total. The molecular weight excluding hydrogens is 102 g/mol. The van der Waals surface area contributed by atoms with Gasteiger partial charge in [-0.05, 0) is 25.8 Å². The van der Waals surface area contributed by atoms with Crippen molar-refractivity contribution in [2.24, 2.45) is 11.5 Å². The lowest BCUT2D eigenvalue weighted by Gasteiger charge is -2.29. The molecular formula is C5H13N3. The first-order valence-electron chi connectivity index (χ1n) is 3.03. The molecule has 0 aromatic heterocycles. The summed E-state index contributed by atoms with van der Waals surface area (Å²) in [5.74, 6) is -0.571. The van der Waals surface area contributed by atoms with Crippen LogP contribution in [0.25, 0.3) is 0 Å². The molecule has 0 aromatic rings. The first kappa shape index (κ1) is 6.01. The monoisotopic (exact) mass is 115 g/mol. The van der Waals surface area contributed by atoms with E-state index in [1.807, 2.05) is 0 Å². The summed E-state index contributed by atoms with van der Waals surface area (Å²) >= 11 is 0. The lowest BCUT2D eigenvalue weighted by molar-refractivity contribution is 0.271. The Bertz CT molecular complexity index is 71.7. The second-order valence-electron chi connectivity index (χ2n) is 2.42. The van der Waals surface area contributed by atoms with Crippen LogP contribution in [0.2, 0.25) is 0 Å². The van der Waals surface area contributed by atoms with Crippen LogP contribution in [0.15, 0.2) is 0 Å². The van der Waals surface area contributed by atoms with Crippen LogP contribution >= 0.6 is 0 Å². The second kappa shape index (κ2) is 2.01. The van der Waals surface area contributed by atoms with Crippen molar-refractivity contribution in [3.8, 4) is 0 Å². The standard InChI is InChI=1S/C5H13N3/c6-5(7)3-1-2-4-8-5/h8H,1-4,6-7H2. The zero-order valence-electron chi connectivity index (χ0n) is 4.98. The molecule has 48 valence electrons. The van der Waals surface area contributed by atoms with Crippen molar-refractivity contribution < 1.29 is 0 Å². The summed E-state index contributed by atoms with van der Waals surface area (Å²) in [5, 5.41) is 3.01. The molecule has 0 atom stereocenters. The number of hydrogen-bond donors (Lipinski definition) is 3. The smallest absolute Gasteiger partial charge is 0.118 e. The van der Waals surface area contributed by atoms with E-state index in [9.17, 15) is 0 Å². The topological polar surface area (TPSA) is 64.1 Å². The molecule has 1 aliphatic rings. The summed E-state index contributed by atoms with van der Waals surface area (Å²) in [6.07, 6.45) is 3.25. The van der Waals surface area contributed by atoms with E-state index in [1.54, 1.807) is 0 Å². The fourth-order valence-electron chi connectivity index (χ4n) is 0.952. The molecule has 1 saturated heterocycles. The van der Waals surface area contributed by atoms with Gasteiger partial charge in [0.1, 0.15) is 5.79 Å². The number of piperidine rings is 1. The van der Waals surface area contributed by atoms with Gasteiger partial charge in [0.05, 0.1) is 0 Å². The number of nitrogens with two attached hydrogens (primary N) is 2. The minimum atomic E-state index is -0.571. The number of hydrogen-bond acceptors (Lipinski definition) is 3. The zero-order valence-corrected chi connectivity index (χ0v) is 4.98. The van der Waals surface area contributed by atoms with E-state index in [2.05, 4.69) is 5.32 Å². The Hall–Kier alpha value is -0.120. The maximum atomic E-state index is 5.54. The van der Waals surface area contributed by atoms with Crippen LogP contribution in [0.4, 0.5) is 0 Å². The Kier molecular flexibility index (Phi) is 1.51. The predicted molar refractivity (Wildman–Crippen MR) is 33.0 cm³/mol. The van der Waals surface area contributed by atoms with E-state index in [1.165, 1.54) is 6.42 Å². The summed E-state index contributed by atoms with van der Waals surface area (Å²) < 4.78 is 0. The Balaban J connectivity index is 2.33. The molecule has 0 spiro atoms. The summed E-state index contributed by atoms with van der Waals surface area (Å²) in [7, 11) is 0. The Labute approximate surface area is 49.4 Å². The summed E-state index contributed by atoms with van der Waals surface area (Å²) in [6, 6.07) is 0. The second-order valence-corrected chi connectivity index (χ2v) is 2.42. The third-order valence-corrected chi connectivity index (χ3v) is 1.47. The van der Waals surface area contributed by atoms with Crippen molar-refractivity contribution in [1.82, 2.24) is 5.32 Å². The molecule has 1 fully saturated rings. The van der Waals surface area contributed by atoms with Gasteiger partial charge < -0.3 is 11.5 Å². The van der Waals surface area contributed by atoms with E-state index in [-0.39, 0.29) is 0 Å². The highest BCUT2D eigenvalue weighted by atomic mass is 15.2. The van der Waals surface area contributed by atoms with Crippen molar-refractivity contribution in [3.63, 3.8) is 0 Å². The third-order valence-electron chi connectivity index (χ3n) is 1.47. The fraction of sp³-hybridized carbons (Fsp3) is 1.00. The van der Waals surface area contributed by atoms with Crippen LogP contribution in [-0.2, 0) is 0 Å². The lowest BCUT2D eigenvalue weighted by Crippen LogP contribution is -2.63. The van der Waals surface area contributed by atoms with Crippen LogP contribution in [0.3, 0.4) is 0 Å². The molecule has 8 heavy (non-hydrogen) atoms. The highest BCUT2D eigenvalue weighted by molar-refractivity contribution is 4.77. The zero-order chi connectivity index (χ0) is 6.04. The molecule has 0 saturated carbocycles. The van der Waals surface area contributed by atoms with Crippen LogP contribution in [0, 0.1) is 0 Å². The molecule has 0 radical (unpaired) electrons. The van der Waals surface area contributed by atoms with Gasteiger partial charge in [-0.25, -0.2) is 0 Å². The molecule has 5 N–H and O–H groups in total. The van der Waals surface area contributed by atoms with Crippen molar-refractivity contribution in [1.29, 1.82) is 0 Å². The molecule has 1 rings (SSSR count). The largest absolute Gasteiger partial charge is 0.301 e. The Morgan fingerprint density at radius 2 is 2.00 bits per heavy atom. The van der Waals surface area contributed by atoms with Gasteiger partial charge in [0.15, 0.2) is 0 Å². The molecule has 1 aliphatic heterocycles. The van der Waals surface area contributed by atoms with Gasteiger partial charge in [0.2, 0.25) is 0 Å². The summed E-state index contributed by atoms with van der Waals surface area (Å²) in [4.78, 5) is 0. The fourth-order valence-corrected chi connectivity index (χ4v) is 0.952. The van der Waals surface area contributed by atoms with Crippen LogP contribution in [0.1, 0.15) is 19.3 Å². The van der Waals surface area contributed by atoms with E-state index in [4.69, 9.17) is 11.5 Å². The maximum Gasteiger partial charge on any atom is 0.118 e. The molecule has 3 heteroatoms. The lowest BCUT2D eigenvalue weighted by atomic mass is 10.1. The first-order chi connectivity index (χ1) is 3.71. The average Bonchev–Trinajstić information content (AvgIpc) is 1.65. The van der Waals surface area contributed by atoms with E-state index in [0.717, 1.165) is 19.4 Å². The maximum absolute atomic E-state index is 5.54. The Morgan fingerprint density at radius 3 is 2.25 bits per heavy atom. The summed E-state index contributed by atoms with van der Waals surface area (Å²) in [6.45, 7) is 0.965. The van der Waals surface area contributed by atoms with Gasteiger partial charge in [-0.1, -0.05) is 0 Å². The molecule has 1 heterocycles. The van der Waals surface area contributed by atoms with Gasteiger partial charge in [0, 0.05) is 0 Å². The SMILES string of the molecule is NC1(N)CCCCN1. The highest BCUT2D eigenvalue weighted by Gasteiger charge is 2.20. The molecule has 0 aliphatic carbocycles.